The summed E-state index contributed by atoms with van der Waals surface area (Å²) in [5.74, 6) is -0.247. The smallest absolute Gasteiger partial charge is 0.324 e. The molecule has 0 radical (unpaired) electrons. The number of anilines is 1. The van der Waals surface area contributed by atoms with Crippen molar-refractivity contribution in [3.8, 4) is 11.1 Å². The first-order chi connectivity index (χ1) is 17.0. The van der Waals surface area contributed by atoms with Gasteiger partial charge >= 0.3 is 6.03 Å². The molecule has 1 aliphatic rings. The quantitative estimate of drug-likeness (QED) is 0.412. The van der Waals surface area contributed by atoms with Crippen molar-refractivity contribution in [3.05, 3.63) is 54.7 Å². The van der Waals surface area contributed by atoms with E-state index in [1.54, 1.807) is 0 Å². The fourth-order valence-corrected chi connectivity index (χ4v) is 4.75. The molecule has 3 aromatic rings. The van der Waals surface area contributed by atoms with Crippen LogP contribution in [-0.2, 0) is 4.79 Å². The van der Waals surface area contributed by atoms with Crippen LogP contribution in [0.1, 0.15) is 39.0 Å². The molecule has 1 saturated heterocycles. The largest absolute Gasteiger partial charge is 0.370 e. The van der Waals surface area contributed by atoms with Gasteiger partial charge in [-0.2, -0.15) is 0 Å². The van der Waals surface area contributed by atoms with Crippen molar-refractivity contribution in [1.29, 1.82) is 0 Å². The van der Waals surface area contributed by atoms with Crippen molar-refractivity contribution in [1.82, 2.24) is 14.8 Å². The Labute approximate surface area is 207 Å². The molecule has 0 saturated carbocycles. The maximum atomic E-state index is 13.5. The topological polar surface area (TPSA) is 85.7 Å². The van der Waals surface area contributed by atoms with Gasteiger partial charge in [0, 0.05) is 56.5 Å². The molecule has 1 aliphatic heterocycles. The van der Waals surface area contributed by atoms with E-state index in [-0.39, 0.29) is 11.9 Å². The Morgan fingerprint density at radius 1 is 0.914 bits per heavy atom. The molecule has 0 unspecified atom stereocenters. The molecular formula is C28H37N5O2. The number of carbonyl (C=O) groups is 2. The Hall–Kier alpha value is -3.32. The second kappa shape index (κ2) is 11.9. The molecule has 7 nitrogen and oxygen atoms in total. The lowest BCUT2D eigenvalue weighted by Gasteiger charge is -2.37. The maximum absolute atomic E-state index is 13.5. The molecule has 0 spiro atoms. The molecule has 7 heteroatoms. The van der Waals surface area contributed by atoms with Crippen molar-refractivity contribution in [2.45, 2.75) is 39.0 Å². The fourth-order valence-electron chi connectivity index (χ4n) is 4.75. The van der Waals surface area contributed by atoms with E-state index in [9.17, 15) is 9.59 Å². The third kappa shape index (κ3) is 6.42. The Morgan fingerprint density at radius 3 is 2.34 bits per heavy atom. The standard InChI is InChI=1S/C28H37N5O2/c1-2-31-17-19-32(20-18-31)28(35)33(16-6-4-3-5-7-27(29)34)25-12-10-22(11-13-25)24-9-8-23-14-15-30-26(23)21-24/h8-15,21,30H,2-7,16-20H2,1H3,(H2,29,34). The summed E-state index contributed by atoms with van der Waals surface area (Å²) in [6, 6.07) is 16.9. The molecule has 4 rings (SSSR count). The number of nitrogens with zero attached hydrogens (tertiary/aromatic N) is 3. The number of primary amides is 1. The Bertz CT molecular complexity index is 1120. The number of H-pyrrole nitrogens is 1. The zero-order valence-electron chi connectivity index (χ0n) is 20.7. The lowest BCUT2D eigenvalue weighted by molar-refractivity contribution is -0.118. The monoisotopic (exact) mass is 475 g/mol. The van der Waals surface area contributed by atoms with Crippen molar-refractivity contribution in [3.63, 3.8) is 0 Å². The van der Waals surface area contributed by atoms with Crippen molar-refractivity contribution >= 4 is 28.5 Å². The minimum Gasteiger partial charge on any atom is -0.370 e. The number of urea groups is 1. The van der Waals surface area contributed by atoms with E-state index in [1.165, 1.54) is 5.39 Å². The van der Waals surface area contributed by atoms with E-state index >= 15 is 0 Å². The third-order valence-corrected chi connectivity index (χ3v) is 6.94. The Kier molecular flexibility index (Phi) is 8.42. The number of aromatic amines is 1. The van der Waals surface area contributed by atoms with Crippen molar-refractivity contribution < 1.29 is 9.59 Å². The van der Waals surface area contributed by atoms with Crippen LogP contribution in [0.15, 0.2) is 54.7 Å². The van der Waals surface area contributed by atoms with Gasteiger partial charge in [-0.05, 0) is 60.2 Å². The third-order valence-electron chi connectivity index (χ3n) is 6.94. The minimum absolute atomic E-state index is 0.0819. The van der Waals surface area contributed by atoms with Crippen LogP contribution in [0.2, 0.25) is 0 Å². The van der Waals surface area contributed by atoms with Crippen LogP contribution in [0.5, 0.6) is 0 Å². The number of hydrogen-bond acceptors (Lipinski definition) is 3. The summed E-state index contributed by atoms with van der Waals surface area (Å²) in [5, 5.41) is 1.20. The number of fused-ring (bicyclic) bond motifs is 1. The molecule has 1 fully saturated rings. The first-order valence-corrected chi connectivity index (χ1v) is 12.8. The number of aromatic nitrogens is 1. The second-order valence-corrected chi connectivity index (χ2v) is 9.31. The van der Waals surface area contributed by atoms with Gasteiger partial charge in [0.25, 0.3) is 0 Å². The number of amides is 3. The molecule has 2 aromatic carbocycles. The highest BCUT2D eigenvalue weighted by atomic mass is 16.2. The summed E-state index contributed by atoms with van der Waals surface area (Å²) in [6.45, 7) is 7.21. The van der Waals surface area contributed by atoms with Crippen LogP contribution in [0.25, 0.3) is 22.0 Å². The highest BCUT2D eigenvalue weighted by Gasteiger charge is 2.25. The average Bonchev–Trinajstić information content (AvgIpc) is 3.36. The number of benzene rings is 2. The van der Waals surface area contributed by atoms with Crippen LogP contribution < -0.4 is 10.6 Å². The first kappa shape index (κ1) is 24.8. The number of unbranched alkanes of at least 4 members (excludes halogenated alkanes) is 3. The first-order valence-electron chi connectivity index (χ1n) is 12.8. The van der Waals surface area contributed by atoms with E-state index in [1.807, 2.05) is 16.0 Å². The van der Waals surface area contributed by atoms with Gasteiger partial charge in [-0.25, -0.2) is 4.79 Å². The van der Waals surface area contributed by atoms with E-state index in [4.69, 9.17) is 5.73 Å². The van der Waals surface area contributed by atoms with Crippen molar-refractivity contribution in [2.24, 2.45) is 5.73 Å². The van der Waals surface area contributed by atoms with Crippen LogP contribution in [0.3, 0.4) is 0 Å². The molecular weight excluding hydrogens is 438 g/mol. The summed E-state index contributed by atoms with van der Waals surface area (Å²) in [5.41, 5.74) is 9.56. The Balaban J connectivity index is 1.45. The predicted octanol–water partition coefficient (Wildman–Crippen LogP) is 4.83. The summed E-state index contributed by atoms with van der Waals surface area (Å²) in [7, 11) is 0. The molecule has 186 valence electrons. The number of carbonyl (C=O) groups excluding carboxylic acids is 2. The van der Waals surface area contributed by atoms with Crippen LogP contribution >= 0.6 is 0 Å². The molecule has 1 aromatic heterocycles. The van der Waals surface area contributed by atoms with Crippen molar-refractivity contribution in [2.75, 3.05) is 44.2 Å². The lowest BCUT2D eigenvalue weighted by atomic mass is 10.0. The highest BCUT2D eigenvalue weighted by Crippen LogP contribution is 2.27. The maximum Gasteiger partial charge on any atom is 0.324 e. The number of hydrogen-bond donors (Lipinski definition) is 2. The summed E-state index contributed by atoms with van der Waals surface area (Å²) in [4.78, 5) is 34.1. The number of nitrogens with two attached hydrogens (primary N) is 1. The zero-order chi connectivity index (χ0) is 24.6. The fraction of sp³-hybridized carbons (Fsp3) is 0.429. The van der Waals surface area contributed by atoms with Gasteiger partial charge in [-0.1, -0.05) is 44.0 Å². The van der Waals surface area contributed by atoms with E-state index in [0.717, 1.165) is 80.7 Å². The molecule has 3 amide bonds. The lowest BCUT2D eigenvalue weighted by Crippen LogP contribution is -2.53. The number of likely N-dealkylation sites (N-methyl/N-ethyl adjacent to an activating group) is 1. The van der Waals surface area contributed by atoms with Gasteiger partial charge in [0.05, 0.1) is 0 Å². The van der Waals surface area contributed by atoms with E-state index in [0.29, 0.717) is 13.0 Å². The van der Waals surface area contributed by atoms with Gasteiger partial charge in [0.15, 0.2) is 0 Å². The predicted molar refractivity (Wildman–Crippen MR) is 142 cm³/mol. The van der Waals surface area contributed by atoms with E-state index in [2.05, 4.69) is 65.3 Å². The van der Waals surface area contributed by atoms with Gasteiger partial charge in [0.2, 0.25) is 5.91 Å². The molecule has 0 aliphatic carbocycles. The highest BCUT2D eigenvalue weighted by molar-refractivity contribution is 5.92. The Morgan fingerprint density at radius 2 is 1.63 bits per heavy atom. The normalized spacial score (nSPS) is 14.4. The minimum atomic E-state index is -0.247. The molecule has 0 bridgehead atoms. The van der Waals surface area contributed by atoms with Gasteiger partial charge in [0.1, 0.15) is 0 Å². The number of rotatable bonds is 10. The van der Waals surface area contributed by atoms with E-state index < -0.39 is 0 Å². The molecule has 0 atom stereocenters. The summed E-state index contributed by atoms with van der Waals surface area (Å²) < 4.78 is 0. The van der Waals surface area contributed by atoms with Crippen LogP contribution in [0.4, 0.5) is 10.5 Å². The number of nitrogens with one attached hydrogen (secondary N) is 1. The zero-order valence-corrected chi connectivity index (χ0v) is 20.7. The SMILES string of the molecule is CCN1CCN(C(=O)N(CCCCCCC(N)=O)c2ccc(-c3ccc4cc[nH]c4c3)cc2)CC1. The molecule has 35 heavy (non-hydrogen) atoms. The molecule has 3 N–H and O–H groups in total. The van der Waals surface area contributed by atoms with Gasteiger partial charge in [-0.15, -0.1) is 0 Å². The number of piperazine rings is 1. The van der Waals surface area contributed by atoms with Gasteiger partial charge < -0.3 is 20.5 Å². The van der Waals surface area contributed by atoms with Crippen LogP contribution in [0, 0.1) is 0 Å². The summed E-state index contributed by atoms with van der Waals surface area (Å²) >= 11 is 0. The average molecular weight is 476 g/mol. The second-order valence-electron chi connectivity index (χ2n) is 9.31. The molecule has 2 heterocycles. The van der Waals surface area contributed by atoms with Crippen LogP contribution in [-0.4, -0.2) is 66.0 Å². The summed E-state index contributed by atoms with van der Waals surface area (Å²) in [6.07, 6.45) is 6.00. The van der Waals surface area contributed by atoms with Gasteiger partial charge in [-0.3, -0.25) is 9.69 Å².